The van der Waals surface area contributed by atoms with Crippen molar-refractivity contribution in [2.24, 2.45) is 11.8 Å². The molecular weight excluding hydrogens is 164 g/mol. The number of fused-ring (bicyclic) bond motifs is 1. The maximum absolute atomic E-state index is 3.62. The van der Waals surface area contributed by atoms with Crippen molar-refractivity contribution in [3.63, 3.8) is 0 Å². The fourth-order valence-electron chi connectivity index (χ4n) is 1.50. The van der Waals surface area contributed by atoms with E-state index in [4.69, 9.17) is 0 Å². The lowest BCUT2D eigenvalue weighted by Crippen LogP contribution is -1.83. The molecule has 0 aromatic heterocycles. The van der Waals surface area contributed by atoms with E-state index >= 15 is 0 Å². The third-order valence-electron chi connectivity index (χ3n) is 2.16. The average molecular weight is 173 g/mol. The molecule has 0 aliphatic heterocycles. The first-order valence-electron chi connectivity index (χ1n) is 3.20. The average Bonchev–Trinajstić information content (AvgIpc) is 2.46. The van der Waals surface area contributed by atoms with Gasteiger partial charge in [-0.05, 0) is 24.7 Å². The molecule has 0 aromatic rings. The van der Waals surface area contributed by atoms with Crippen LogP contribution in [0.1, 0.15) is 12.8 Å². The summed E-state index contributed by atoms with van der Waals surface area (Å²) in [6.07, 6.45) is 7.39. The van der Waals surface area contributed by atoms with E-state index in [9.17, 15) is 0 Å². The van der Waals surface area contributed by atoms with Gasteiger partial charge < -0.3 is 0 Å². The third-order valence-corrected chi connectivity index (χ3v) is 3.44. The Morgan fingerprint density at radius 1 is 1.50 bits per heavy atom. The molecule has 0 radical (unpaired) electrons. The van der Waals surface area contributed by atoms with Crippen molar-refractivity contribution in [1.29, 1.82) is 0 Å². The topological polar surface area (TPSA) is 0 Å². The van der Waals surface area contributed by atoms with Crippen LogP contribution in [0.15, 0.2) is 12.2 Å². The van der Waals surface area contributed by atoms with Crippen LogP contribution in [0.3, 0.4) is 0 Å². The maximum Gasteiger partial charge on any atom is 0.0245 e. The molecule has 2 rings (SSSR count). The van der Waals surface area contributed by atoms with Crippen molar-refractivity contribution in [3.8, 4) is 0 Å². The molecule has 0 N–H and O–H groups in total. The molecule has 0 bridgehead atoms. The predicted molar refractivity (Wildman–Crippen MR) is 38.1 cm³/mol. The third kappa shape index (κ3) is 0.572. The van der Waals surface area contributed by atoms with Crippen LogP contribution in [0.5, 0.6) is 0 Å². The number of halogens is 1. The Labute approximate surface area is 58.1 Å². The Morgan fingerprint density at radius 3 is 2.88 bits per heavy atom. The maximum atomic E-state index is 3.62. The van der Waals surface area contributed by atoms with E-state index in [0.29, 0.717) is 0 Å². The van der Waals surface area contributed by atoms with Crippen LogP contribution >= 0.6 is 15.9 Å². The van der Waals surface area contributed by atoms with E-state index in [1.807, 2.05) is 0 Å². The molecule has 1 fully saturated rings. The minimum absolute atomic E-state index is 0.834. The number of alkyl halides is 1. The molecule has 1 heteroatoms. The molecule has 0 heterocycles. The van der Waals surface area contributed by atoms with Crippen molar-refractivity contribution in [2.45, 2.75) is 17.7 Å². The molecule has 3 atom stereocenters. The number of hydrogen-bond donors (Lipinski definition) is 0. The molecule has 0 saturated heterocycles. The zero-order chi connectivity index (χ0) is 5.56. The predicted octanol–water partition coefficient (Wildman–Crippen LogP) is 2.35. The second kappa shape index (κ2) is 1.60. The largest absolute Gasteiger partial charge is 0.0882 e. The fraction of sp³-hybridized carbons (Fsp3) is 0.714. The van der Waals surface area contributed by atoms with Gasteiger partial charge in [-0.25, -0.2) is 0 Å². The molecule has 2 aliphatic rings. The van der Waals surface area contributed by atoms with Crippen LogP contribution in [0.2, 0.25) is 0 Å². The van der Waals surface area contributed by atoms with E-state index < -0.39 is 0 Å². The summed E-state index contributed by atoms with van der Waals surface area (Å²) in [5.74, 6) is 1.91. The molecule has 0 aromatic carbocycles. The van der Waals surface area contributed by atoms with Gasteiger partial charge in [0.2, 0.25) is 0 Å². The van der Waals surface area contributed by atoms with Crippen LogP contribution in [0, 0.1) is 11.8 Å². The van der Waals surface area contributed by atoms with Gasteiger partial charge in [-0.1, -0.05) is 28.1 Å². The Bertz CT molecular complexity index is 128. The van der Waals surface area contributed by atoms with Crippen LogP contribution in [-0.2, 0) is 0 Å². The molecule has 8 heavy (non-hydrogen) atoms. The zero-order valence-corrected chi connectivity index (χ0v) is 6.26. The Morgan fingerprint density at radius 2 is 2.38 bits per heavy atom. The van der Waals surface area contributed by atoms with Gasteiger partial charge in [-0.15, -0.1) is 0 Å². The molecule has 0 amide bonds. The second-order valence-corrected chi connectivity index (χ2v) is 3.75. The van der Waals surface area contributed by atoms with Gasteiger partial charge in [0.05, 0.1) is 0 Å². The lowest BCUT2D eigenvalue weighted by molar-refractivity contribution is 0.684. The molecule has 0 unspecified atom stereocenters. The summed E-state index contributed by atoms with van der Waals surface area (Å²) in [5, 5.41) is 0. The highest BCUT2D eigenvalue weighted by Gasteiger charge is 2.46. The summed E-state index contributed by atoms with van der Waals surface area (Å²) in [7, 11) is 0. The zero-order valence-electron chi connectivity index (χ0n) is 4.68. The lowest BCUT2D eigenvalue weighted by atomic mass is 10.1. The smallest absolute Gasteiger partial charge is 0.0245 e. The van der Waals surface area contributed by atoms with Crippen LogP contribution < -0.4 is 0 Å². The summed E-state index contributed by atoms with van der Waals surface area (Å²) in [6, 6.07) is 0. The van der Waals surface area contributed by atoms with E-state index in [-0.39, 0.29) is 0 Å². The molecule has 44 valence electrons. The highest BCUT2D eigenvalue weighted by molar-refractivity contribution is 9.09. The summed E-state index contributed by atoms with van der Waals surface area (Å²) >= 11 is 3.62. The van der Waals surface area contributed by atoms with Gasteiger partial charge in [0.1, 0.15) is 0 Å². The standard InChI is InChI=1S/C7H9Br/c8-7-5-3-1-2-4-6(5)7/h1,3,5-7H,2,4H2/t5-,6+,7+/m1/s1. The normalized spacial score (nSPS) is 50.9. The molecule has 1 saturated carbocycles. The van der Waals surface area contributed by atoms with E-state index in [0.717, 1.165) is 16.7 Å². The van der Waals surface area contributed by atoms with Gasteiger partial charge in [0, 0.05) is 4.83 Å². The van der Waals surface area contributed by atoms with Crippen molar-refractivity contribution in [3.05, 3.63) is 12.2 Å². The highest BCUT2D eigenvalue weighted by Crippen LogP contribution is 2.51. The molecular formula is C7H9Br. The molecule has 0 nitrogen and oxygen atoms in total. The second-order valence-electron chi connectivity index (χ2n) is 2.69. The minimum atomic E-state index is 0.834. The fourth-order valence-corrected chi connectivity index (χ4v) is 2.51. The van der Waals surface area contributed by atoms with E-state index in [1.165, 1.54) is 12.8 Å². The van der Waals surface area contributed by atoms with E-state index in [2.05, 4.69) is 28.1 Å². The summed E-state index contributed by atoms with van der Waals surface area (Å²) < 4.78 is 0. The molecule has 2 aliphatic carbocycles. The minimum Gasteiger partial charge on any atom is -0.0882 e. The van der Waals surface area contributed by atoms with Gasteiger partial charge in [0.15, 0.2) is 0 Å². The summed E-state index contributed by atoms with van der Waals surface area (Å²) in [6.45, 7) is 0. The first kappa shape index (κ1) is 5.04. The van der Waals surface area contributed by atoms with Crippen LogP contribution in [0.25, 0.3) is 0 Å². The first-order chi connectivity index (χ1) is 3.89. The Hall–Kier alpha value is 0.220. The van der Waals surface area contributed by atoms with Crippen LogP contribution in [-0.4, -0.2) is 4.83 Å². The van der Waals surface area contributed by atoms with Gasteiger partial charge in [-0.2, -0.15) is 0 Å². The van der Waals surface area contributed by atoms with Gasteiger partial charge in [-0.3, -0.25) is 0 Å². The number of allylic oxidation sites excluding steroid dienone is 2. The van der Waals surface area contributed by atoms with Crippen molar-refractivity contribution >= 4 is 15.9 Å². The Kier molecular flexibility index (Phi) is 1.01. The van der Waals surface area contributed by atoms with Gasteiger partial charge >= 0.3 is 0 Å². The SMILES string of the molecule is Br[C@H]1[C@@H]2C=CCC[C@H]12. The summed E-state index contributed by atoms with van der Waals surface area (Å²) in [5.41, 5.74) is 0. The quantitative estimate of drug-likeness (QED) is 0.389. The number of rotatable bonds is 0. The van der Waals surface area contributed by atoms with Crippen molar-refractivity contribution < 1.29 is 0 Å². The van der Waals surface area contributed by atoms with Crippen molar-refractivity contribution in [2.75, 3.05) is 0 Å². The first-order valence-corrected chi connectivity index (χ1v) is 4.12. The van der Waals surface area contributed by atoms with E-state index in [1.54, 1.807) is 0 Å². The Balaban J connectivity index is 2.12. The monoisotopic (exact) mass is 172 g/mol. The highest BCUT2D eigenvalue weighted by atomic mass is 79.9. The summed E-state index contributed by atoms with van der Waals surface area (Å²) in [4.78, 5) is 0.834. The molecule has 0 spiro atoms. The van der Waals surface area contributed by atoms with Crippen LogP contribution in [0.4, 0.5) is 0 Å². The number of hydrogen-bond acceptors (Lipinski definition) is 0. The van der Waals surface area contributed by atoms with Gasteiger partial charge in [0.25, 0.3) is 0 Å². The lowest BCUT2D eigenvalue weighted by Gasteiger charge is -1.96. The van der Waals surface area contributed by atoms with Crippen molar-refractivity contribution in [1.82, 2.24) is 0 Å².